The highest BCUT2D eigenvalue weighted by Gasteiger charge is 2.13. The van der Waals surface area contributed by atoms with Gasteiger partial charge in [-0.05, 0) is 42.5 Å². The lowest BCUT2D eigenvalue weighted by atomic mass is 10.2. The minimum Gasteiger partial charge on any atom is -0.411 e. The summed E-state index contributed by atoms with van der Waals surface area (Å²) in [6.07, 6.45) is 0. The molecule has 0 saturated heterocycles. The van der Waals surface area contributed by atoms with Gasteiger partial charge < -0.3 is 8.94 Å². The van der Waals surface area contributed by atoms with Crippen molar-refractivity contribution in [1.29, 1.82) is 0 Å². The first-order chi connectivity index (χ1) is 12.7. The second kappa shape index (κ2) is 7.38. The molecule has 2 aromatic carbocycles. The van der Waals surface area contributed by atoms with Gasteiger partial charge in [-0.3, -0.25) is 0 Å². The van der Waals surface area contributed by atoms with E-state index in [1.165, 1.54) is 23.9 Å². The second-order valence-electron chi connectivity index (χ2n) is 5.19. The third-order valence-corrected chi connectivity index (χ3v) is 4.66. The first kappa shape index (κ1) is 16.9. The van der Waals surface area contributed by atoms with Crippen molar-refractivity contribution in [3.05, 3.63) is 64.7 Å². The number of benzene rings is 2. The van der Waals surface area contributed by atoms with Gasteiger partial charge in [0.1, 0.15) is 5.82 Å². The Kier molecular flexibility index (Phi) is 4.81. The van der Waals surface area contributed by atoms with Gasteiger partial charge in [-0.15, -0.1) is 10.2 Å². The highest BCUT2D eigenvalue weighted by Crippen LogP contribution is 2.27. The van der Waals surface area contributed by atoms with Gasteiger partial charge in [0.05, 0.1) is 5.75 Å². The molecule has 4 aromatic rings. The van der Waals surface area contributed by atoms with E-state index >= 15 is 0 Å². The molecule has 2 heterocycles. The fraction of sp³-hybridized carbons (Fsp3) is 0.0588. The molecular weight excluding hydrogens is 423 g/mol. The average molecular weight is 433 g/mol. The van der Waals surface area contributed by atoms with Crippen molar-refractivity contribution in [2.45, 2.75) is 11.0 Å². The predicted octanol–water partition coefficient (Wildman–Crippen LogP) is 4.98. The molecule has 0 bridgehead atoms. The smallest absolute Gasteiger partial charge is 0.277 e. The molecular formula is C17H10BrFN4O2S. The van der Waals surface area contributed by atoms with E-state index in [9.17, 15) is 4.39 Å². The maximum absolute atomic E-state index is 13.0. The lowest BCUT2D eigenvalue weighted by Crippen LogP contribution is -1.83. The third kappa shape index (κ3) is 3.83. The molecule has 26 heavy (non-hydrogen) atoms. The Morgan fingerprint density at radius 2 is 1.88 bits per heavy atom. The fourth-order valence-corrected chi connectivity index (χ4v) is 3.16. The first-order valence-electron chi connectivity index (χ1n) is 7.48. The lowest BCUT2D eigenvalue weighted by Gasteiger charge is -1.95. The van der Waals surface area contributed by atoms with Crippen LogP contribution in [0.4, 0.5) is 4.39 Å². The minimum absolute atomic E-state index is 0.314. The summed E-state index contributed by atoms with van der Waals surface area (Å²) in [5.74, 6) is 1.32. The van der Waals surface area contributed by atoms with Gasteiger partial charge in [0.2, 0.25) is 17.6 Å². The predicted molar refractivity (Wildman–Crippen MR) is 96.7 cm³/mol. The van der Waals surface area contributed by atoms with E-state index in [2.05, 4.69) is 36.3 Å². The van der Waals surface area contributed by atoms with Gasteiger partial charge in [0, 0.05) is 15.6 Å². The van der Waals surface area contributed by atoms with Crippen LogP contribution < -0.4 is 0 Å². The maximum atomic E-state index is 13.0. The summed E-state index contributed by atoms with van der Waals surface area (Å²) >= 11 is 4.71. The van der Waals surface area contributed by atoms with Crippen molar-refractivity contribution >= 4 is 27.7 Å². The maximum Gasteiger partial charge on any atom is 0.277 e. The lowest BCUT2D eigenvalue weighted by molar-refractivity contribution is 0.391. The molecule has 0 unspecified atom stereocenters. The minimum atomic E-state index is -0.314. The standard InChI is InChI=1S/C17H10BrFN4O2S/c18-12-3-1-2-11(8-12)16-21-22-17(24-16)26-9-14-20-15(23-25-14)10-4-6-13(19)7-5-10/h1-8H,9H2. The number of hydrogen-bond acceptors (Lipinski definition) is 7. The number of thioether (sulfide) groups is 1. The molecule has 0 radical (unpaired) electrons. The van der Waals surface area contributed by atoms with Gasteiger partial charge in [-0.1, -0.05) is 38.9 Å². The van der Waals surface area contributed by atoms with Crippen LogP contribution in [0.3, 0.4) is 0 Å². The van der Waals surface area contributed by atoms with E-state index < -0.39 is 0 Å². The summed E-state index contributed by atoms with van der Waals surface area (Å²) in [7, 11) is 0. The van der Waals surface area contributed by atoms with Crippen molar-refractivity contribution < 1.29 is 13.3 Å². The molecule has 0 spiro atoms. The molecule has 0 aliphatic heterocycles. The van der Waals surface area contributed by atoms with Crippen LogP contribution >= 0.6 is 27.7 Å². The van der Waals surface area contributed by atoms with Crippen LogP contribution in [-0.4, -0.2) is 20.3 Å². The highest BCUT2D eigenvalue weighted by molar-refractivity contribution is 9.10. The molecule has 0 saturated carbocycles. The van der Waals surface area contributed by atoms with Gasteiger partial charge in [0.15, 0.2) is 0 Å². The van der Waals surface area contributed by atoms with Crippen molar-refractivity contribution in [2.24, 2.45) is 0 Å². The van der Waals surface area contributed by atoms with Crippen molar-refractivity contribution in [3.8, 4) is 22.8 Å². The molecule has 0 atom stereocenters. The van der Waals surface area contributed by atoms with E-state index in [4.69, 9.17) is 8.94 Å². The van der Waals surface area contributed by atoms with E-state index in [0.717, 1.165) is 10.0 Å². The first-order valence-corrected chi connectivity index (χ1v) is 9.26. The Hall–Kier alpha value is -2.52. The topological polar surface area (TPSA) is 77.8 Å². The number of hydrogen-bond donors (Lipinski definition) is 0. The summed E-state index contributed by atoms with van der Waals surface area (Å²) in [5, 5.41) is 12.4. The normalized spacial score (nSPS) is 11.0. The van der Waals surface area contributed by atoms with E-state index in [1.807, 2.05) is 24.3 Å². The van der Waals surface area contributed by atoms with Crippen LogP contribution in [0.2, 0.25) is 0 Å². The molecule has 0 fully saturated rings. The quantitative estimate of drug-likeness (QED) is 0.411. The number of rotatable bonds is 5. The van der Waals surface area contributed by atoms with Crippen LogP contribution in [0.15, 0.2) is 67.2 Å². The SMILES string of the molecule is Fc1ccc(-c2noc(CSc3nnc(-c4cccc(Br)c4)o3)n2)cc1. The Balaban J connectivity index is 1.43. The summed E-state index contributed by atoms with van der Waals surface area (Å²) < 4.78 is 24.7. The molecule has 0 aliphatic carbocycles. The van der Waals surface area contributed by atoms with E-state index in [-0.39, 0.29) is 5.82 Å². The summed E-state index contributed by atoms with van der Waals surface area (Å²) in [6, 6.07) is 13.5. The number of aromatic nitrogens is 4. The monoisotopic (exact) mass is 432 g/mol. The van der Waals surface area contributed by atoms with Crippen molar-refractivity contribution in [1.82, 2.24) is 20.3 Å². The van der Waals surface area contributed by atoms with E-state index in [0.29, 0.717) is 34.1 Å². The van der Waals surface area contributed by atoms with Gasteiger partial charge in [-0.2, -0.15) is 4.98 Å². The largest absolute Gasteiger partial charge is 0.411 e. The number of halogens is 2. The zero-order valence-corrected chi connectivity index (χ0v) is 15.5. The Morgan fingerprint density at radius 3 is 2.69 bits per heavy atom. The molecule has 0 N–H and O–H groups in total. The molecule has 6 nitrogen and oxygen atoms in total. The van der Waals surface area contributed by atoms with Gasteiger partial charge in [-0.25, -0.2) is 4.39 Å². The summed E-state index contributed by atoms with van der Waals surface area (Å²) in [6.45, 7) is 0. The third-order valence-electron chi connectivity index (χ3n) is 3.37. The van der Waals surface area contributed by atoms with Crippen molar-refractivity contribution in [3.63, 3.8) is 0 Å². The van der Waals surface area contributed by atoms with Gasteiger partial charge >= 0.3 is 0 Å². The summed E-state index contributed by atoms with van der Waals surface area (Å²) in [4.78, 5) is 4.28. The Morgan fingerprint density at radius 1 is 1.04 bits per heavy atom. The molecule has 2 aromatic heterocycles. The van der Waals surface area contributed by atoms with Gasteiger partial charge in [0.25, 0.3) is 5.22 Å². The van der Waals surface area contributed by atoms with Crippen molar-refractivity contribution in [2.75, 3.05) is 0 Å². The zero-order chi connectivity index (χ0) is 17.9. The second-order valence-corrected chi connectivity index (χ2v) is 7.03. The fourth-order valence-electron chi connectivity index (χ4n) is 2.16. The van der Waals surface area contributed by atoms with E-state index in [1.54, 1.807) is 12.1 Å². The summed E-state index contributed by atoms with van der Waals surface area (Å²) in [5.41, 5.74) is 1.51. The molecule has 9 heteroatoms. The van der Waals surface area contributed by atoms with Crippen LogP contribution in [0.25, 0.3) is 22.8 Å². The van der Waals surface area contributed by atoms with Crippen LogP contribution in [0.1, 0.15) is 5.89 Å². The van der Waals surface area contributed by atoms with Crippen LogP contribution in [0.5, 0.6) is 0 Å². The average Bonchev–Trinajstić information content (AvgIpc) is 3.30. The molecule has 0 aliphatic rings. The highest BCUT2D eigenvalue weighted by atomic mass is 79.9. The Labute approximate surface area is 160 Å². The molecule has 130 valence electrons. The zero-order valence-electron chi connectivity index (χ0n) is 13.1. The molecule has 0 amide bonds. The van der Waals surface area contributed by atoms with Crippen LogP contribution in [-0.2, 0) is 5.75 Å². The van der Waals surface area contributed by atoms with Crippen LogP contribution in [0, 0.1) is 5.82 Å². The molecule has 4 rings (SSSR count). The Bertz CT molecular complexity index is 1040. The number of nitrogens with zero attached hydrogens (tertiary/aromatic N) is 4.